The van der Waals surface area contributed by atoms with Crippen molar-refractivity contribution < 1.29 is 4.79 Å². The minimum absolute atomic E-state index is 0.355. The Morgan fingerprint density at radius 2 is 2.04 bits per heavy atom. The van der Waals surface area contributed by atoms with E-state index in [0.717, 1.165) is 12.1 Å². The first-order chi connectivity index (χ1) is 12.6. The quantitative estimate of drug-likeness (QED) is 0.394. The number of likely N-dealkylation sites (tertiary alicyclic amines) is 1. The molecule has 1 spiro atoms. The minimum atomic E-state index is 0.355. The molecule has 2 fully saturated rings. The summed E-state index contributed by atoms with van der Waals surface area (Å²) in [7, 11) is 0. The molecule has 2 heterocycles. The lowest BCUT2D eigenvalue weighted by Gasteiger charge is -2.49. The Balaban J connectivity index is 1.50. The summed E-state index contributed by atoms with van der Waals surface area (Å²) in [4.78, 5) is 17.1. The number of nitrogens with zero attached hydrogens (tertiary/aromatic N) is 2. The number of amides is 1. The van der Waals surface area contributed by atoms with E-state index in [-0.39, 0.29) is 0 Å². The van der Waals surface area contributed by atoms with Crippen molar-refractivity contribution in [2.75, 3.05) is 26.2 Å². The van der Waals surface area contributed by atoms with Crippen molar-refractivity contribution in [2.24, 2.45) is 16.1 Å². The Hall–Kier alpha value is -2.18. The van der Waals surface area contributed by atoms with Crippen molar-refractivity contribution in [2.45, 2.75) is 32.2 Å². The molecule has 1 unspecified atom stereocenters. The molecule has 0 aromatic heterocycles. The molecule has 2 aliphatic rings. The maximum Gasteiger partial charge on any atom is 0.211 e. The van der Waals surface area contributed by atoms with Crippen LogP contribution in [0, 0.1) is 5.41 Å². The van der Waals surface area contributed by atoms with Gasteiger partial charge in [-0.3, -0.25) is 4.79 Å². The van der Waals surface area contributed by atoms with Crippen LogP contribution in [0.3, 0.4) is 0 Å². The van der Waals surface area contributed by atoms with Crippen LogP contribution in [0.2, 0.25) is 0 Å². The predicted octanol–water partition coefficient (Wildman–Crippen LogP) is 1.55. The monoisotopic (exact) mass is 355 g/mol. The molecule has 1 amide bonds. The van der Waals surface area contributed by atoms with Crippen molar-refractivity contribution >= 4 is 17.9 Å². The highest BCUT2D eigenvalue weighted by molar-refractivity contribution is 5.93. The Labute approximate surface area is 155 Å². The van der Waals surface area contributed by atoms with Crippen LogP contribution in [0.5, 0.6) is 0 Å². The number of nitrogens with one attached hydrogen (secondary N) is 2. The van der Waals surface area contributed by atoms with Crippen LogP contribution >= 0.6 is 0 Å². The van der Waals surface area contributed by atoms with Gasteiger partial charge in [0.1, 0.15) is 5.84 Å². The van der Waals surface area contributed by atoms with Crippen molar-refractivity contribution in [1.82, 2.24) is 15.5 Å². The maximum absolute atomic E-state index is 10.2. The molecule has 4 N–H and O–H groups in total. The number of aliphatic imine (C=N–C) groups is 1. The van der Waals surface area contributed by atoms with Gasteiger partial charge in [-0.1, -0.05) is 12.1 Å². The highest BCUT2D eigenvalue weighted by atomic mass is 16.1. The summed E-state index contributed by atoms with van der Waals surface area (Å²) in [5, 5.41) is 5.84. The van der Waals surface area contributed by atoms with Gasteiger partial charge >= 0.3 is 0 Å². The molecule has 1 aromatic carbocycles. The fourth-order valence-electron chi connectivity index (χ4n) is 3.81. The van der Waals surface area contributed by atoms with Crippen molar-refractivity contribution in [1.29, 1.82) is 0 Å². The van der Waals surface area contributed by atoms with E-state index in [4.69, 9.17) is 5.73 Å². The number of hydrogen-bond donors (Lipinski definition) is 3. The summed E-state index contributed by atoms with van der Waals surface area (Å²) in [6.45, 7) is 7.17. The molecule has 3 rings (SSSR count). The molecular weight excluding hydrogens is 326 g/mol. The summed E-state index contributed by atoms with van der Waals surface area (Å²) >= 11 is 0. The van der Waals surface area contributed by atoms with Gasteiger partial charge in [-0.25, -0.2) is 4.99 Å². The van der Waals surface area contributed by atoms with Crippen LogP contribution in [0.15, 0.2) is 41.5 Å². The number of carbonyl (C=O) groups excluding carboxylic acids is 1. The SMILES string of the molecule is CC(Cc1ccc(N=C(N)/C=C\NC=O)cc1)N1CCC2(CC1)CNC2. The third kappa shape index (κ3) is 4.71. The van der Waals surface area contributed by atoms with Gasteiger partial charge in [0.05, 0.1) is 5.69 Å². The molecule has 26 heavy (non-hydrogen) atoms. The van der Waals surface area contributed by atoms with E-state index in [1.807, 2.05) is 12.1 Å². The zero-order valence-electron chi connectivity index (χ0n) is 15.4. The summed E-state index contributed by atoms with van der Waals surface area (Å²) in [6, 6.07) is 8.77. The number of carbonyl (C=O) groups is 1. The fourth-order valence-corrected chi connectivity index (χ4v) is 3.81. The average molecular weight is 355 g/mol. The molecule has 6 nitrogen and oxygen atoms in total. The standard InChI is InChI=1S/C20H29N5O/c1-16(25-10-7-20(8-11-25)13-23-14-20)12-17-2-4-18(5-3-17)24-19(21)6-9-22-15-26/h2-6,9,15-16,23H,7-8,10-14H2,1H3,(H2,21,24)(H,22,26)/b9-6-. The molecule has 1 atom stereocenters. The van der Waals surface area contributed by atoms with Gasteiger partial charge in [-0.05, 0) is 68.5 Å². The highest BCUT2D eigenvalue weighted by Crippen LogP contribution is 2.35. The zero-order valence-corrected chi connectivity index (χ0v) is 15.4. The first-order valence-corrected chi connectivity index (χ1v) is 9.34. The number of hydrogen-bond acceptors (Lipinski definition) is 4. The largest absolute Gasteiger partial charge is 0.384 e. The third-order valence-corrected chi connectivity index (χ3v) is 5.63. The molecule has 0 radical (unpaired) electrons. The average Bonchev–Trinajstić information content (AvgIpc) is 2.62. The zero-order chi connectivity index (χ0) is 18.4. The van der Waals surface area contributed by atoms with Gasteiger partial charge in [0, 0.05) is 25.3 Å². The number of amidine groups is 1. The van der Waals surface area contributed by atoms with Gasteiger partial charge in [0.15, 0.2) is 0 Å². The Bertz CT molecular complexity index is 653. The summed E-state index contributed by atoms with van der Waals surface area (Å²) < 4.78 is 0. The summed E-state index contributed by atoms with van der Waals surface area (Å²) in [5.41, 5.74) is 8.53. The predicted molar refractivity (Wildman–Crippen MR) is 105 cm³/mol. The van der Waals surface area contributed by atoms with Crippen molar-refractivity contribution in [3.8, 4) is 0 Å². The fraction of sp³-hybridized carbons (Fsp3) is 0.500. The van der Waals surface area contributed by atoms with E-state index in [0.29, 0.717) is 23.7 Å². The second-order valence-electron chi connectivity index (χ2n) is 7.51. The van der Waals surface area contributed by atoms with Crippen LogP contribution in [0.25, 0.3) is 0 Å². The second kappa shape index (κ2) is 8.47. The van der Waals surface area contributed by atoms with Gasteiger partial charge in [0.2, 0.25) is 6.41 Å². The lowest BCUT2D eigenvalue weighted by atomic mass is 9.73. The van der Waals surface area contributed by atoms with Crippen molar-refractivity contribution in [3.63, 3.8) is 0 Å². The molecule has 6 heteroatoms. The lowest BCUT2D eigenvalue weighted by molar-refractivity contribution is -0.108. The van der Waals surface area contributed by atoms with E-state index in [9.17, 15) is 4.79 Å². The van der Waals surface area contributed by atoms with Crippen LogP contribution in [0.1, 0.15) is 25.3 Å². The first kappa shape index (κ1) is 18.6. The normalized spacial score (nSPS) is 21.5. The van der Waals surface area contributed by atoms with E-state index in [1.54, 1.807) is 6.08 Å². The van der Waals surface area contributed by atoms with Crippen LogP contribution < -0.4 is 16.4 Å². The number of rotatable bonds is 7. The lowest BCUT2D eigenvalue weighted by Crippen LogP contribution is -2.59. The Morgan fingerprint density at radius 3 is 2.62 bits per heavy atom. The van der Waals surface area contributed by atoms with Crippen LogP contribution in [-0.2, 0) is 11.2 Å². The van der Waals surface area contributed by atoms with Crippen LogP contribution in [0.4, 0.5) is 5.69 Å². The third-order valence-electron chi connectivity index (χ3n) is 5.63. The molecule has 0 aliphatic carbocycles. The number of benzene rings is 1. The van der Waals surface area contributed by atoms with E-state index in [1.165, 1.54) is 50.8 Å². The molecule has 2 aliphatic heterocycles. The molecule has 0 bridgehead atoms. The topological polar surface area (TPSA) is 82.7 Å². The molecule has 2 saturated heterocycles. The molecule has 140 valence electrons. The Kier molecular flexibility index (Phi) is 6.06. The number of piperidine rings is 1. The minimum Gasteiger partial charge on any atom is -0.384 e. The second-order valence-corrected chi connectivity index (χ2v) is 7.51. The molecule has 0 saturated carbocycles. The van der Waals surface area contributed by atoms with Gasteiger partial charge in [-0.15, -0.1) is 0 Å². The van der Waals surface area contributed by atoms with Gasteiger partial charge < -0.3 is 21.3 Å². The Morgan fingerprint density at radius 1 is 1.35 bits per heavy atom. The summed E-state index contributed by atoms with van der Waals surface area (Å²) in [6.07, 6.45) is 7.31. The van der Waals surface area contributed by atoms with E-state index in [2.05, 4.69) is 39.6 Å². The van der Waals surface area contributed by atoms with E-state index < -0.39 is 0 Å². The summed E-state index contributed by atoms with van der Waals surface area (Å²) in [5.74, 6) is 0.355. The van der Waals surface area contributed by atoms with Gasteiger partial charge in [0.25, 0.3) is 0 Å². The smallest absolute Gasteiger partial charge is 0.211 e. The van der Waals surface area contributed by atoms with Crippen LogP contribution in [-0.4, -0.2) is 49.4 Å². The first-order valence-electron chi connectivity index (χ1n) is 9.34. The maximum atomic E-state index is 10.2. The highest BCUT2D eigenvalue weighted by Gasteiger charge is 2.40. The van der Waals surface area contributed by atoms with E-state index >= 15 is 0 Å². The van der Waals surface area contributed by atoms with Crippen molar-refractivity contribution in [3.05, 3.63) is 42.1 Å². The molecular formula is C20H29N5O. The number of nitrogens with two attached hydrogens (primary N) is 1. The molecule has 1 aromatic rings. The van der Waals surface area contributed by atoms with Gasteiger partial charge in [-0.2, -0.15) is 0 Å².